The van der Waals surface area contributed by atoms with Crippen LogP contribution in [0.1, 0.15) is 21.6 Å². The van der Waals surface area contributed by atoms with Gasteiger partial charge in [0.1, 0.15) is 0 Å². The van der Waals surface area contributed by atoms with Gasteiger partial charge in [-0.25, -0.2) is 5.43 Å². The summed E-state index contributed by atoms with van der Waals surface area (Å²) in [5.74, 6) is 0.917. The Labute approximate surface area is 170 Å². The maximum atomic E-state index is 12.2. The third-order valence-corrected chi connectivity index (χ3v) is 4.58. The molecule has 1 aliphatic heterocycles. The van der Waals surface area contributed by atoms with E-state index in [1.807, 2.05) is 12.1 Å². The fraction of sp³-hybridized carbons (Fsp3) is 0.105. The molecular weight excluding hydrogens is 403 g/mol. The van der Waals surface area contributed by atoms with Gasteiger partial charge in [-0.3, -0.25) is 9.48 Å². The van der Waals surface area contributed by atoms with E-state index in [1.54, 1.807) is 41.2 Å². The zero-order valence-electron chi connectivity index (χ0n) is 14.4. The Morgan fingerprint density at radius 1 is 1.18 bits per heavy atom. The summed E-state index contributed by atoms with van der Waals surface area (Å²) in [7, 11) is 0. The zero-order valence-corrected chi connectivity index (χ0v) is 15.9. The van der Waals surface area contributed by atoms with Crippen molar-refractivity contribution in [1.29, 1.82) is 0 Å². The Morgan fingerprint density at radius 3 is 2.89 bits per heavy atom. The van der Waals surface area contributed by atoms with Crippen LogP contribution in [0.5, 0.6) is 11.5 Å². The van der Waals surface area contributed by atoms with Crippen molar-refractivity contribution in [1.82, 2.24) is 15.2 Å². The van der Waals surface area contributed by atoms with Crippen molar-refractivity contribution in [2.45, 2.75) is 6.54 Å². The molecule has 0 fully saturated rings. The van der Waals surface area contributed by atoms with Gasteiger partial charge in [-0.2, -0.15) is 10.2 Å². The van der Waals surface area contributed by atoms with Crippen LogP contribution in [0.3, 0.4) is 0 Å². The van der Waals surface area contributed by atoms with Crippen molar-refractivity contribution < 1.29 is 14.3 Å². The highest BCUT2D eigenvalue weighted by Crippen LogP contribution is 2.31. The quantitative estimate of drug-likeness (QED) is 0.507. The molecule has 28 heavy (non-hydrogen) atoms. The number of aromatic nitrogens is 2. The fourth-order valence-corrected chi connectivity index (χ4v) is 3.08. The molecule has 0 bridgehead atoms. The number of fused-ring (bicyclic) bond motifs is 1. The van der Waals surface area contributed by atoms with E-state index in [0.717, 1.165) is 11.1 Å². The summed E-state index contributed by atoms with van der Waals surface area (Å²) in [5, 5.41) is 9.31. The van der Waals surface area contributed by atoms with Gasteiger partial charge in [0.05, 0.1) is 12.8 Å². The predicted octanol–water partition coefficient (Wildman–Crippen LogP) is 3.73. The second kappa shape index (κ2) is 7.92. The molecule has 0 aliphatic carbocycles. The van der Waals surface area contributed by atoms with Crippen LogP contribution in [0.25, 0.3) is 0 Å². The van der Waals surface area contributed by atoms with Gasteiger partial charge in [0, 0.05) is 16.2 Å². The van der Waals surface area contributed by atoms with Crippen LogP contribution in [-0.4, -0.2) is 28.7 Å². The Balaban J connectivity index is 1.37. The van der Waals surface area contributed by atoms with Crippen LogP contribution in [0.15, 0.2) is 53.8 Å². The lowest BCUT2D eigenvalue weighted by atomic mass is 10.2. The van der Waals surface area contributed by atoms with E-state index in [0.29, 0.717) is 28.1 Å². The van der Waals surface area contributed by atoms with E-state index >= 15 is 0 Å². The standard InChI is InChI=1S/C19H14Cl2N4O3/c20-14-3-2-13(15(21)8-14)10-25-6-5-16(24-25)19(26)23-22-9-12-1-4-17-18(7-12)28-11-27-17/h1-9H,10-11H2,(H,23,26). The highest BCUT2D eigenvalue weighted by atomic mass is 35.5. The Hall–Kier alpha value is -3.03. The number of nitrogens with zero attached hydrogens (tertiary/aromatic N) is 3. The summed E-state index contributed by atoms with van der Waals surface area (Å²) >= 11 is 12.1. The molecule has 0 radical (unpaired) electrons. The van der Waals surface area contributed by atoms with Crippen LogP contribution in [0.2, 0.25) is 10.0 Å². The van der Waals surface area contributed by atoms with Gasteiger partial charge in [0.25, 0.3) is 5.91 Å². The van der Waals surface area contributed by atoms with Crippen molar-refractivity contribution in [2.75, 3.05) is 6.79 Å². The predicted molar refractivity (Wildman–Crippen MR) is 105 cm³/mol. The number of hydrogen-bond donors (Lipinski definition) is 1. The third-order valence-electron chi connectivity index (χ3n) is 4.00. The Bertz CT molecular complexity index is 1070. The van der Waals surface area contributed by atoms with Gasteiger partial charge in [0.2, 0.25) is 6.79 Å². The molecule has 9 heteroatoms. The molecule has 0 atom stereocenters. The number of carbonyl (C=O) groups is 1. The average molecular weight is 417 g/mol. The first-order chi connectivity index (χ1) is 13.6. The minimum absolute atomic E-state index is 0.205. The molecule has 4 rings (SSSR count). The molecule has 7 nitrogen and oxygen atoms in total. The summed E-state index contributed by atoms with van der Waals surface area (Å²) < 4.78 is 12.2. The highest BCUT2D eigenvalue weighted by molar-refractivity contribution is 6.35. The fourth-order valence-electron chi connectivity index (χ4n) is 2.61. The molecular formula is C19H14Cl2N4O3. The van der Waals surface area contributed by atoms with Crippen LogP contribution < -0.4 is 14.9 Å². The number of amides is 1. The topological polar surface area (TPSA) is 77.7 Å². The number of ether oxygens (including phenoxy) is 2. The summed E-state index contributed by atoms with van der Waals surface area (Å²) in [4.78, 5) is 12.2. The molecule has 0 unspecified atom stereocenters. The zero-order chi connectivity index (χ0) is 19.5. The number of hydrazone groups is 1. The molecule has 3 aromatic rings. The van der Waals surface area contributed by atoms with Crippen molar-refractivity contribution in [3.05, 3.63) is 75.5 Å². The van der Waals surface area contributed by atoms with Gasteiger partial charge in [-0.05, 0) is 47.5 Å². The lowest BCUT2D eigenvalue weighted by Gasteiger charge is -2.05. The Morgan fingerprint density at radius 2 is 2.04 bits per heavy atom. The Kier molecular flexibility index (Phi) is 5.18. The summed E-state index contributed by atoms with van der Waals surface area (Å²) in [6.07, 6.45) is 3.21. The van der Waals surface area contributed by atoms with Gasteiger partial charge in [0.15, 0.2) is 17.2 Å². The first-order valence-electron chi connectivity index (χ1n) is 8.29. The second-order valence-corrected chi connectivity index (χ2v) is 6.79. The van der Waals surface area contributed by atoms with E-state index in [1.165, 1.54) is 6.21 Å². The molecule has 0 spiro atoms. The number of hydrogen-bond acceptors (Lipinski definition) is 5. The highest BCUT2D eigenvalue weighted by Gasteiger charge is 2.13. The monoisotopic (exact) mass is 416 g/mol. The van der Waals surface area contributed by atoms with E-state index in [-0.39, 0.29) is 12.5 Å². The number of carbonyl (C=O) groups excluding carboxylic acids is 1. The van der Waals surface area contributed by atoms with E-state index < -0.39 is 5.91 Å². The molecule has 1 N–H and O–H groups in total. The molecule has 2 heterocycles. The molecule has 0 saturated carbocycles. The molecule has 142 valence electrons. The SMILES string of the molecule is O=C(NN=Cc1ccc2c(c1)OCO2)c1ccn(Cc2ccc(Cl)cc2Cl)n1. The second-order valence-electron chi connectivity index (χ2n) is 5.95. The largest absolute Gasteiger partial charge is 0.454 e. The number of halogens is 2. The lowest BCUT2D eigenvalue weighted by Crippen LogP contribution is -2.18. The molecule has 2 aromatic carbocycles. The maximum absolute atomic E-state index is 12.2. The molecule has 1 amide bonds. The van der Waals surface area contributed by atoms with Crippen LogP contribution in [0, 0.1) is 0 Å². The maximum Gasteiger partial charge on any atom is 0.291 e. The van der Waals surface area contributed by atoms with Crippen LogP contribution >= 0.6 is 23.2 Å². The third kappa shape index (κ3) is 4.11. The normalized spacial score (nSPS) is 12.5. The smallest absolute Gasteiger partial charge is 0.291 e. The number of benzene rings is 2. The summed E-state index contributed by atoms with van der Waals surface area (Å²) in [6.45, 7) is 0.625. The molecule has 0 saturated heterocycles. The molecule has 1 aromatic heterocycles. The van der Waals surface area contributed by atoms with Crippen molar-refractivity contribution >= 4 is 35.3 Å². The number of nitrogens with one attached hydrogen (secondary N) is 1. The van der Waals surface area contributed by atoms with Gasteiger partial charge >= 0.3 is 0 Å². The van der Waals surface area contributed by atoms with Gasteiger partial charge in [-0.15, -0.1) is 0 Å². The van der Waals surface area contributed by atoms with Crippen molar-refractivity contribution in [3.63, 3.8) is 0 Å². The lowest BCUT2D eigenvalue weighted by molar-refractivity contribution is 0.0949. The van der Waals surface area contributed by atoms with E-state index in [9.17, 15) is 4.79 Å². The number of rotatable bonds is 5. The van der Waals surface area contributed by atoms with Gasteiger partial charge in [-0.1, -0.05) is 29.3 Å². The van der Waals surface area contributed by atoms with Crippen molar-refractivity contribution in [3.8, 4) is 11.5 Å². The molecule has 1 aliphatic rings. The first-order valence-corrected chi connectivity index (χ1v) is 9.04. The minimum atomic E-state index is -0.419. The van der Waals surface area contributed by atoms with Crippen LogP contribution in [0.4, 0.5) is 0 Å². The van der Waals surface area contributed by atoms with E-state index in [4.69, 9.17) is 32.7 Å². The first kappa shape index (κ1) is 18.3. The van der Waals surface area contributed by atoms with Crippen LogP contribution in [-0.2, 0) is 6.54 Å². The van der Waals surface area contributed by atoms with E-state index in [2.05, 4.69) is 15.6 Å². The summed E-state index contributed by atoms with van der Waals surface area (Å²) in [6, 6.07) is 12.2. The average Bonchev–Trinajstić information content (AvgIpc) is 3.33. The van der Waals surface area contributed by atoms with Crippen molar-refractivity contribution in [2.24, 2.45) is 5.10 Å². The minimum Gasteiger partial charge on any atom is -0.454 e. The van der Waals surface area contributed by atoms with Gasteiger partial charge < -0.3 is 9.47 Å². The summed E-state index contributed by atoms with van der Waals surface area (Å²) in [5.41, 5.74) is 4.31.